The van der Waals surface area contributed by atoms with E-state index in [2.05, 4.69) is 0 Å². The Morgan fingerprint density at radius 2 is 1.83 bits per heavy atom. The third-order valence-corrected chi connectivity index (χ3v) is 5.05. The number of carbonyl (C=O) groups is 2. The summed E-state index contributed by atoms with van der Waals surface area (Å²) in [5.74, 6) is -1.17. The second-order valence-corrected chi connectivity index (χ2v) is 7.53. The molecule has 1 unspecified atom stereocenters. The molecule has 2 aromatic rings. The lowest BCUT2D eigenvalue weighted by atomic mass is 9.94. The van der Waals surface area contributed by atoms with Crippen LogP contribution in [0.1, 0.15) is 36.6 Å². The second kappa shape index (κ2) is 9.13. The van der Waals surface area contributed by atoms with Crippen molar-refractivity contribution in [3.8, 4) is 5.75 Å². The Balaban J connectivity index is 2.13. The van der Waals surface area contributed by atoms with E-state index in [0.29, 0.717) is 17.9 Å². The lowest BCUT2D eigenvalue weighted by Crippen LogP contribution is -2.33. The highest BCUT2D eigenvalue weighted by Crippen LogP contribution is 2.40. The SMILES string of the molecule is COc1ccc(C)cc1/C(O)=C1\C(=O)C(=O)N(CCOC(C)C)C1c1ccccc1. The molecule has 0 radical (unpaired) electrons. The third-order valence-electron chi connectivity index (χ3n) is 5.05. The molecule has 1 saturated heterocycles. The number of hydrogen-bond donors (Lipinski definition) is 1. The Morgan fingerprint density at radius 3 is 2.47 bits per heavy atom. The number of hydrogen-bond acceptors (Lipinski definition) is 5. The first-order valence-corrected chi connectivity index (χ1v) is 9.95. The van der Waals surface area contributed by atoms with Gasteiger partial charge in [0.25, 0.3) is 11.7 Å². The molecule has 3 rings (SSSR count). The van der Waals surface area contributed by atoms with E-state index in [1.54, 1.807) is 12.1 Å². The van der Waals surface area contributed by atoms with Gasteiger partial charge in [0, 0.05) is 6.54 Å². The molecule has 1 amide bonds. The number of Topliss-reactive ketones (excluding diaryl/α,β-unsaturated/α-hetero) is 1. The maximum absolute atomic E-state index is 13.0. The summed E-state index contributed by atoms with van der Waals surface area (Å²) in [6.07, 6.45) is 0.00792. The summed E-state index contributed by atoms with van der Waals surface area (Å²) in [4.78, 5) is 27.3. The van der Waals surface area contributed by atoms with Gasteiger partial charge in [0.15, 0.2) is 0 Å². The van der Waals surface area contributed by atoms with Gasteiger partial charge >= 0.3 is 0 Å². The van der Waals surface area contributed by atoms with Crippen LogP contribution in [0.3, 0.4) is 0 Å². The lowest BCUT2D eigenvalue weighted by Gasteiger charge is -2.25. The van der Waals surface area contributed by atoms with Crippen molar-refractivity contribution in [2.24, 2.45) is 0 Å². The van der Waals surface area contributed by atoms with Gasteiger partial charge in [0.05, 0.1) is 37.0 Å². The van der Waals surface area contributed by atoms with Crippen LogP contribution < -0.4 is 4.74 Å². The van der Waals surface area contributed by atoms with Gasteiger partial charge in [-0.05, 0) is 38.5 Å². The first-order chi connectivity index (χ1) is 14.3. The first-order valence-electron chi connectivity index (χ1n) is 9.95. The number of amides is 1. The molecule has 2 aromatic carbocycles. The average molecular weight is 409 g/mol. The van der Waals surface area contributed by atoms with Gasteiger partial charge in [-0.1, -0.05) is 42.0 Å². The molecule has 1 N–H and O–H groups in total. The van der Waals surface area contributed by atoms with Crippen molar-refractivity contribution in [3.63, 3.8) is 0 Å². The van der Waals surface area contributed by atoms with Crippen molar-refractivity contribution in [1.82, 2.24) is 4.90 Å². The molecule has 30 heavy (non-hydrogen) atoms. The van der Waals surface area contributed by atoms with Gasteiger partial charge in [0.1, 0.15) is 11.5 Å². The zero-order valence-electron chi connectivity index (χ0n) is 17.7. The summed E-state index contributed by atoms with van der Waals surface area (Å²) in [5, 5.41) is 11.2. The van der Waals surface area contributed by atoms with Crippen LogP contribution in [0.25, 0.3) is 5.76 Å². The Morgan fingerprint density at radius 1 is 1.13 bits per heavy atom. The highest BCUT2D eigenvalue weighted by Gasteiger charge is 2.46. The van der Waals surface area contributed by atoms with E-state index in [1.807, 2.05) is 57.2 Å². The number of likely N-dealkylation sites (tertiary alicyclic amines) is 1. The second-order valence-electron chi connectivity index (χ2n) is 7.53. The van der Waals surface area contributed by atoms with Crippen LogP contribution in [0, 0.1) is 6.92 Å². The van der Waals surface area contributed by atoms with Crippen LogP contribution in [0.15, 0.2) is 54.1 Å². The van der Waals surface area contributed by atoms with Crippen molar-refractivity contribution in [3.05, 3.63) is 70.8 Å². The molecular weight excluding hydrogens is 382 g/mol. The van der Waals surface area contributed by atoms with E-state index in [4.69, 9.17) is 9.47 Å². The van der Waals surface area contributed by atoms with Crippen LogP contribution in [-0.2, 0) is 14.3 Å². The van der Waals surface area contributed by atoms with Gasteiger partial charge in [-0.3, -0.25) is 9.59 Å². The molecule has 1 aliphatic heterocycles. The van der Waals surface area contributed by atoms with Crippen molar-refractivity contribution in [2.45, 2.75) is 32.9 Å². The predicted octanol–water partition coefficient (Wildman–Crippen LogP) is 3.85. The van der Waals surface area contributed by atoms with Crippen LogP contribution >= 0.6 is 0 Å². The third kappa shape index (κ3) is 4.24. The summed E-state index contributed by atoms with van der Waals surface area (Å²) >= 11 is 0. The Bertz CT molecular complexity index is 965. The molecule has 1 fully saturated rings. The quantitative estimate of drug-likeness (QED) is 0.427. The molecule has 0 saturated carbocycles. The molecule has 0 aromatic heterocycles. The highest BCUT2D eigenvalue weighted by atomic mass is 16.5. The average Bonchev–Trinajstić information content (AvgIpc) is 2.98. The minimum Gasteiger partial charge on any atom is -0.507 e. The Hall–Kier alpha value is -3.12. The van der Waals surface area contributed by atoms with Crippen molar-refractivity contribution in [2.75, 3.05) is 20.3 Å². The number of nitrogens with zero attached hydrogens (tertiary/aromatic N) is 1. The number of ether oxygens (including phenoxy) is 2. The van der Waals surface area contributed by atoms with Crippen molar-refractivity contribution in [1.29, 1.82) is 0 Å². The number of aliphatic hydroxyl groups excluding tert-OH is 1. The van der Waals surface area contributed by atoms with Crippen molar-refractivity contribution < 1.29 is 24.2 Å². The normalized spacial score (nSPS) is 18.3. The van der Waals surface area contributed by atoms with Gasteiger partial charge in [0.2, 0.25) is 0 Å². The maximum Gasteiger partial charge on any atom is 0.295 e. The van der Waals surface area contributed by atoms with Crippen LogP contribution in [0.4, 0.5) is 0 Å². The minimum atomic E-state index is -0.713. The number of methoxy groups -OCH3 is 1. The standard InChI is InChI=1S/C24H27NO5/c1-15(2)30-13-12-25-21(17-8-6-5-7-9-17)20(23(27)24(25)28)22(26)18-14-16(3)10-11-19(18)29-4/h5-11,14-15,21,26H,12-13H2,1-4H3/b22-20+. The number of aliphatic hydroxyl groups is 1. The van der Waals surface area contributed by atoms with E-state index >= 15 is 0 Å². The molecule has 0 spiro atoms. The van der Waals surface area contributed by atoms with Gasteiger partial charge in [-0.2, -0.15) is 0 Å². The first kappa shape index (κ1) is 21.6. The lowest BCUT2D eigenvalue weighted by molar-refractivity contribution is -0.140. The predicted molar refractivity (Wildman–Crippen MR) is 114 cm³/mol. The number of aryl methyl sites for hydroxylation is 1. The van der Waals surface area contributed by atoms with E-state index in [1.165, 1.54) is 12.0 Å². The summed E-state index contributed by atoms with van der Waals surface area (Å²) in [6.45, 7) is 6.23. The number of benzene rings is 2. The molecule has 0 aliphatic carbocycles. The van der Waals surface area contributed by atoms with Crippen molar-refractivity contribution >= 4 is 17.4 Å². The van der Waals surface area contributed by atoms with Crippen LogP contribution in [0.2, 0.25) is 0 Å². The maximum atomic E-state index is 13.0. The Kier molecular flexibility index (Phi) is 6.57. The molecule has 1 atom stereocenters. The number of carbonyl (C=O) groups excluding carboxylic acids is 2. The molecule has 6 nitrogen and oxygen atoms in total. The fourth-order valence-electron chi connectivity index (χ4n) is 3.63. The topological polar surface area (TPSA) is 76.1 Å². The van der Waals surface area contributed by atoms with Crippen LogP contribution in [-0.4, -0.2) is 48.1 Å². The van der Waals surface area contributed by atoms with Gasteiger partial charge < -0.3 is 19.5 Å². The fraction of sp³-hybridized carbons (Fsp3) is 0.333. The van der Waals surface area contributed by atoms with Gasteiger partial charge in [-0.25, -0.2) is 0 Å². The van der Waals surface area contributed by atoms with E-state index in [-0.39, 0.29) is 24.0 Å². The largest absolute Gasteiger partial charge is 0.507 e. The zero-order valence-corrected chi connectivity index (χ0v) is 17.7. The summed E-state index contributed by atoms with van der Waals surface area (Å²) in [6, 6.07) is 13.8. The molecule has 0 bridgehead atoms. The number of rotatable bonds is 7. The van der Waals surface area contributed by atoms with Gasteiger partial charge in [-0.15, -0.1) is 0 Å². The van der Waals surface area contributed by atoms with E-state index < -0.39 is 17.7 Å². The van der Waals surface area contributed by atoms with E-state index in [9.17, 15) is 14.7 Å². The molecule has 1 aliphatic rings. The molecular formula is C24H27NO5. The smallest absolute Gasteiger partial charge is 0.295 e. The summed E-state index contributed by atoms with van der Waals surface area (Å²) in [5.41, 5.74) is 2.08. The zero-order chi connectivity index (χ0) is 21.8. The molecule has 158 valence electrons. The summed E-state index contributed by atoms with van der Waals surface area (Å²) in [7, 11) is 1.50. The highest BCUT2D eigenvalue weighted by molar-refractivity contribution is 6.46. The van der Waals surface area contributed by atoms with E-state index in [0.717, 1.165) is 11.1 Å². The number of ketones is 1. The Labute approximate surface area is 176 Å². The molecule has 1 heterocycles. The summed E-state index contributed by atoms with van der Waals surface area (Å²) < 4.78 is 11.0. The monoisotopic (exact) mass is 409 g/mol. The fourth-order valence-corrected chi connectivity index (χ4v) is 3.63. The van der Waals surface area contributed by atoms with Crippen LogP contribution in [0.5, 0.6) is 5.75 Å². The minimum absolute atomic E-state index is 0.00792. The molecule has 6 heteroatoms.